The molecule has 0 bridgehead atoms. The van der Waals surface area contributed by atoms with Gasteiger partial charge in [0.15, 0.2) is 5.78 Å². The molecule has 0 aliphatic heterocycles. The van der Waals surface area contributed by atoms with Gasteiger partial charge in [0.25, 0.3) is 0 Å². The second-order valence-electron chi connectivity index (χ2n) is 4.31. The zero-order valence-corrected chi connectivity index (χ0v) is 10.9. The Morgan fingerprint density at radius 2 is 1.89 bits per heavy atom. The second kappa shape index (κ2) is 4.98. The summed E-state index contributed by atoms with van der Waals surface area (Å²) in [5, 5.41) is 0. The molecule has 0 atom stereocenters. The van der Waals surface area contributed by atoms with Gasteiger partial charge in [-0.3, -0.25) is 4.79 Å². The van der Waals surface area contributed by atoms with Gasteiger partial charge < -0.3 is 0 Å². The van der Waals surface area contributed by atoms with E-state index in [4.69, 9.17) is 0 Å². The van der Waals surface area contributed by atoms with E-state index in [0.717, 1.165) is 6.07 Å². The SMILES string of the molecule is CC(C)C(=O)c1ccc(-c2ccc(F)cc2F)s1. The number of benzene rings is 1. The number of thiophene rings is 1. The molecule has 0 radical (unpaired) electrons. The molecule has 4 heteroatoms. The van der Waals surface area contributed by atoms with Crippen molar-refractivity contribution in [2.45, 2.75) is 13.8 Å². The van der Waals surface area contributed by atoms with Crippen LogP contribution < -0.4 is 0 Å². The summed E-state index contributed by atoms with van der Waals surface area (Å²) in [7, 11) is 0. The van der Waals surface area contributed by atoms with Gasteiger partial charge in [0.2, 0.25) is 0 Å². The van der Waals surface area contributed by atoms with Crippen molar-refractivity contribution in [2.75, 3.05) is 0 Å². The van der Waals surface area contributed by atoms with Crippen LogP contribution in [0.4, 0.5) is 8.78 Å². The largest absolute Gasteiger partial charge is 0.293 e. The Kier molecular flexibility index (Phi) is 3.57. The van der Waals surface area contributed by atoms with E-state index in [1.54, 1.807) is 12.1 Å². The van der Waals surface area contributed by atoms with Crippen LogP contribution in [0.25, 0.3) is 10.4 Å². The molecule has 0 saturated carbocycles. The van der Waals surface area contributed by atoms with Crippen LogP contribution in [-0.4, -0.2) is 5.78 Å². The average molecular weight is 266 g/mol. The van der Waals surface area contributed by atoms with Crippen molar-refractivity contribution in [3.8, 4) is 10.4 Å². The Labute approximate surface area is 108 Å². The predicted octanol–water partition coefficient (Wildman–Crippen LogP) is 4.53. The van der Waals surface area contributed by atoms with Gasteiger partial charge in [0.1, 0.15) is 11.6 Å². The van der Waals surface area contributed by atoms with Gasteiger partial charge in [-0.1, -0.05) is 13.8 Å². The normalized spacial score (nSPS) is 10.9. The zero-order chi connectivity index (χ0) is 13.3. The van der Waals surface area contributed by atoms with Gasteiger partial charge in [0.05, 0.1) is 4.88 Å². The van der Waals surface area contributed by atoms with Crippen LogP contribution in [0.3, 0.4) is 0 Å². The number of hydrogen-bond acceptors (Lipinski definition) is 2. The van der Waals surface area contributed by atoms with Gasteiger partial charge in [0, 0.05) is 22.4 Å². The van der Waals surface area contributed by atoms with E-state index in [2.05, 4.69) is 0 Å². The van der Waals surface area contributed by atoms with E-state index in [9.17, 15) is 13.6 Å². The van der Waals surface area contributed by atoms with E-state index in [1.165, 1.54) is 23.5 Å². The molecule has 94 valence electrons. The minimum atomic E-state index is -0.611. The van der Waals surface area contributed by atoms with Crippen molar-refractivity contribution in [1.82, 2.24) is 0 Å². The molecule has 0 amide bonds. The third-order valence-corrected chi connectivity index (χ3v) is 3.70. The quantitative estimate of drug-likeness (QED) is 0.746. The van der Waals surface area contributed by atoms with Crippen LogP contribution in [0, 0.1) is 17.6 Å². The highest BCUT2D eigenvalue weighted by atomic mass is 32.1. The Morgan fingerprint density at radius 3 is 2.50 bits per heavy atom. The minimum absolute atomic E-state index is 0.0359. The van der Waals surface area contributed by atoms with Crippen molar-refractivity contribution < 1.29 is 13.6 Å². The van der Waals surface area contributed by atoms with Crippen LogP contribution in [0.15, 0.2) is 30.3 Å². The lowest BCUT2D eigenvalue weighted by molar-refractivity contribution is 0.0943. The number of ketones is 1. The van der Waals surface area contributed by atoms with Gasteiger partial charge in [-0.25, -0.2) is 8.78 Å². The molecule has 0 spiro atoms. The minimum Gasteiger partial charge on any atom is -0.293 e. The van der Waals surface area contributed by atoms with Crippen molar-refractivity contribution in [3.05, 3.63) is 46.8 Å². The number of rotatable bonds is 3. The lowest BCUT2D eigenvalue weighted by atomic mass is 10.1. The van der Waals surface area contributed by atoms with Gasteiger partial charge >= 0.3 is 0 Å². The molecule has 0 aliphatic carbocycles. The van der Waals surface area contributed by atoms with Crippen LogP contribution >= 0.6 is 11.3 Å². The zero-order valence-electron chi connectivity index (χ0n) is 10.0. The number of Topliss-reactive ketones (excluding diaryl/α,β-unsaturated/α-hetero) is 1. The number of hydrogen-bond donors (Lipinski definition) is 0. The number of halogens is 2. The van der Waals surface area contributed by atoms with Crippen molar-refractivity contribution in [2.24, 2.45) is 5.92 Å². The molecule has 18 heavy (non-hydrogen) atoms. The molecule has 0 N–H and O–H groups in total. The summed E-state index contributed by atoms with van der Waals surface area (Å²) in [6.45, 7) is 3.64. The van der Waals surface area contributed by atoms with E-state index in [-0.39, 0.29) is 11.7 Å². The van der Waals surface area contributed by atoms with Crippen molar-refractivity contribution in [3.63, 3.8) is 0 Å². The number of carbonyl (C=O) groups is 1. The monoisotopic (exact) mass is 266 g/mol. The van der Waals surface area contributed by atoms with Crippen LogP contribution in [0.5, 0.6) is 0 Å². The highest BCUT2D eigenvalue weighted by molar-refractivity contribution is 7.17. The summed E-state index contributed by atoms with van der Waals surface area (Å²) >= 11 is 1.23. The summed E-state index contributed by atoms with van der Waals surface area (Å²) in [6.07, 6.45) is 0. The highest BCUT2D eigenvalue weighted by Gasteiger charge is 2.15. The predicted molar refractivity (Wildman–Crippen MR) is 68.8 cm³/mol. The summed E-state index contributed by atoms with van der Waals surface area (Å²) in [5.74, 6) is -1.27. The summed E-state index contributed by atoms with van der Waals surface area (Å²) < 4.78 is 26.4. The summed E-state index contributed by atoms with van der Waals surface area (Å²) in [5.41, 5.74) is 0.323. The molecule has 1 heterocycles. The lowest BCUT2D eigenvalue weighted by Crippen LogP contribution is -2.04. The molecule has 2 rings (SSSR count). The van der Waals surface area contributed by atoms with Gasteiger partial charge in [-0.15, -0.1) is 11.3 Å². The fourth-order valence-corrected chi connectivity index (χ4v) is 2.71. The molecular formula is C14H12F2OS. The molecule has 1 nitrogen and oxygen atoms in total. The van der Waals surface area contributed by atoms with Crippen LogP contribution in [0.1, 0.15) is 23.5 Å². The maximum Gasteiger partial charge on any atom is 0.175 e. The first-order chi connectivity index (χ1) is 8.49. The van der Waals surface area contributed by atoms with E-state index in [1.807, 2.05) is 13.8 Å². The van der Waals surface area contributed by atoms with E-state index < -0.39 is 11.6 Å². The Balaban J connectivity index is 2.38. The molecule has 2 aromatic rings. The lowest BCUT2D eigenvalue weighted by Gasteiger charge is -2.01. The molecule has 0 saturated heterocycles. The van der Waals surface area contributed by atoms with Crippen molar-refractivity contribution in [1.29, 1.82) is 0 Å². The van der Waals surface area contributed by atoms with E-state index in [0.29, 0.717) is 15.3 Å². The third-order valence-electron chi connectivity index (χ3n) is 2.57. The third kappa shape index (κ3) is 2.48. The first kappa shape index (κ1) is 12.9. The molecule has 0 fully saturated rings. The highest BCUT2D eigenvalue weighted by Crippen LogP contribution is 2.31. The fraction of sp³-hybridized carbons (Fsp3) is 0.214. The number of carbonyl (C=O) groups excluding carboxylic acids is 1. The van der Waals surface area contributed by atoms with Gasteiger partial charge in [-0.05, 0) is 24.3 Å². The standard InChI is InChI=1S/C14H12F2OS/c1-8(2)14(17)13-6-5-12(18-13)10-4-3-9(15)7-11(10)16/h3-8H,1-2H3. The van der Waals surface area contributed by atoms with E-state index >= 15 is 0 Å². The van der Waals surface area contributed by atoms with Crippen LogP contribution in [-0.2, 0) is 0 Å². The second-order valence-corrected chi connectivity index (χ2v) is 5.39. The van der Waals surface area contributed by atoms with Crippen molar-refractivity contribution >= 4 is 17.1 Å². The average Bonchev–Trinajstić information content (AvgIpc) is 2.77. The fourth-order valence-electron chi connectivity index (χ4n) is 1.59. The first-order valence-electron chi connectivity index (χ1n) is 5.58. The smallest absolute Gasteiger partial charge is 0.175 e. The Bertz CT molecular complexity index is 587. The molecule has 1 aromatic carbocycles. The molecule has 0 aliphatic rings. The van der Waals surface area contributed by atoms with Crippen LogP contribution in [0.2, 0.25) is 0 Å². The Hall–Kier alpha value is -1.55. The summed E-state index contributed by atoms with van der Waals surface area (Å²) in [6, 6.07) is 6.82. The maximum atomic E-state index is 13.6. The maximum absolute atomic E-state index is 13.6. The Morgan fingerprint density at radius 1 is 1.17 bits per heavy atom. The summed E-state index contributed by atoms with van der Waals surface area (Å²) in [4.78, 5) is 13.0. The topological polar surface area (TPSA) is 17.1 Å². The molecule has 0 unspecified atom stereocenters. The molecule has 1 aromatic heterocycles. The van der Waals surface area contributed by atoms with Gasteiger partial charge in [-0.2, -0.15) is 0 Å². The first-order valence-corrected chi connectivity index (χ1v) is 6.40. The molecular weight excluding hydrogens is 254 g/mol.